The average Bonchev–Trinajstić information content (AvgIpc) is 2.45. The zero-order valence-electron chi connectivity index (χ0n) is 8.31. The number of rotatable bonds is 2. The van der Waals surface area contributed by atoms with Gasteiger partial charge < -0.3 is 0 Å². The van der Waals surface area contributed by atoms with Crippen molar-refractivity contribution in [2.45, 2.75) is 17.0 Å². The van der Waals surface area contributed by atoms with E-state index in [9.17, 15) is 4.39 Å². The van der Waals surface area contributed by atoms with Crippen molar-refractivity contribution in [1.82, 2.24) is 19.7 Å². The van der Waals surface area contributed by atoms with Crippen LogP contribution in [-0.4, -0.2) is 19.7 Å². The van der Waals surface area contributed by atoms with Gasteiger partial charge in [-0.2, -0.15) is 9.49 Å². The minimum absolute atomic E-state index is 0.522. The van der Waals surface area contributed by atoms with E-state index in [1.54, 1.807) is 4.68 Å². The zero-order valence-corrected chi connectivity index (χ0v) is 9.12. The third-order valence-electron chi connectivity index (χ3n) is 1.78. The number of halogens is 1. The highest BCUT2D eigenvalue weighted by Gasteiger charge is 2.06. The third-order valence-corrected chi connectivity index (χ3v) is 2.80. The number of nitrogens with zero attached hydrogens (tertiary/aromatic N) is 4. The summed E-state index contributed by atoms with van der Waals surface area (Å²) in [5.74, 6) is -0.522. The highest BCUT2D eigenvalue weighted by molar-refractivity contribution is 7.99. The van der Waals surface area contributed by atoms with Crippen LogP contribution in [0, 0.1) is 12.9 Å². The highest BCUT2D eigenvalue weighted by Crippen LogP contribution is 2.25. The maximum Gasteiger partial charge on any atom is 0.217 e. The molecule has 0 bridgehead atoms. The molecular weight excluding hydrogens is 215 g/mol. The first-order valence-electron chi connectivity index (χ1n) is 4.31. The first kappa shape index (κ1) is 10.1. The van der Waals surface area contributed by atoms with E-state index >= 15 is 0 Å². The van der Waals surface area contributed by atoms with Crippen LogP contribution in [0.4, 0.5) is 4.39 Å². The van der Waals surface area contributed by atoms with Crippen LogP contribution in [0.2, 0.25) is 0 Å². The van der Waals surface area contributed by atoms with E-state index in [1.165, 1.54) is 24.2 Å². The van der Waals surface area contributed by atoms with Gasteiger partial charge in [-0.25, -0.2) is 9.97 Å². The lowest BCUT2D eigenvalue weighted by atomic mass is 10.5. The molecule has 2 aromatic rings. The molecule has 0 spiro atoms. The van der Waals surface area contributed by atoms with Crippen LogP contribution in [0.1, 0.15) is 5.69 Å². The van der Waals surface area contributed by atoms with Crippen molar-refractivity contribution in [1.29, 1.82) is 0 Å². The Hall–Kier alpha value is -1.43. The molecule has 0 saturated carbocycles. The standard InChI is InChI=1S/C9H9FN4S/c1-6-3-9(14(2)13-6)15-8-4-7(10)11-5-12-8/h3-5H,1-2H3. The SMILES string of the molecule is Cc1cc(Sc2cc(F)ncn2)n(C)n1. The first-order valence-corrected chi connectivity index (χ1v) is 5.13. The summed E-state index contributed by atoms with van der Waals surface area (Å²) in [5, 5.41) is 5.68. The monoisotopic (exact) mass is 224 g/mol. The Morgan fingerprint density at radius 3 is 2.73 bits per heavy atom. The van der Waals surface area contributed by atoms with Gasteiger partial charge in [-0.05, 0) is 13.0 Å². The molecule has 0 aliphatic heterocycles. The molecule has 0 aliphatic rings. The van der Waals surface area contributed by atoms with Gasteiger partial charge in [-0.15, -0.1) is 0 Å². The van der Waals surface area contributed by atoms with Gasteiger partial charge in [0.1, 0.15) is 16.4 Å². The Labute approximate surface area is 90.6 Å². The summed E-state index contributed by atoms with van der Waals surface area (Å²) in [7, 11) is 1.84. The second-order valence-electron chi connectivity index (χ2n) is 3.03. The van der Waals surface area contributed by atoms with Crippen molar-refractivity contribution in [3.8, 4) is 0 Å². The fourth-order valence-electron chi connectivity index (χ4n) is 1.16. The van der Waals surface area contributed by atoms with Gasteiger partial charge in [0.25, 0.3) is 0 Å². The summed E-state index contributed by atoms with van der Waals surface area (Å²) in [4.78, 5) is 7.35. The quantitative estimate of drug-likeness (QED) is 0.730. The van der Waals surface area contributed by atoms with Crippen LogP contribution in [0.3, 0.4) is 0 Å². The number of hydrogen-bond acceptors (Lipinski definition) is 4. The maximum atomic E-state index is 12.8. The number of aryl methyl sites for hydroxylation is 2. The van der Waals surface area contributed by atoms with Crippen molar-refractivity contribution in [3.63, 3.8) is 0 Å². The van der Waals surface area contributed by atoms with Crippen LogP contribution in [-0.2, 0) is 7.05 Å². The van der Waals surface area contributed by atoms with Gasteiger partial charge in [0.05, 0.1) is 5.69 Å². The van der Waals surface area contributed by atoms with Gasteiger partial charge in [0.15, 0.2) is 0 Å². The fourth-order valence-corrected chi connectivity index (χ4v) is 2.04. The molecule has 0 unspecified atom stereocenters. The molecule has 4 nitrogen and oxygen atoms in total. The zero-order chi connectivity index (χ0) is 10.8. The van der Waals surface area contributed by atoms with E-state index in [-0.39, 0.29) is 0 Å². The number of hydrogen-bond donors (Lipinski definition) is 0. The van der Waals surface area contributed by atoms with Gasteiger partial charge in [-0.1, -0.05) is 11.8 Å². The van der Waals surface area contributed by atoms with Gasteiger partial charge in [-0.3, -0.25) is 4.68 Å². The van der Waals surface area contributed by atoms with Crippen molar-refractivity contribution in [3.05, 3.63) is 30.1 Å². The lowest BCUT2D eigenvalue weighted by Gasteiger charge is -1.99. The van der Waals surface area contributed by atoms with Crippen molar-refractivity contribution >= 4 is 11.8 Å². The molecule has 0 saturated heterocycles. The molecular formula is C9H9FN4S. The summed E-state index contributed by atoms with van der Waals surface area (Å²) in [6.07, 6.45) is 1.21. The topological polar surface area (TPSA) is 43.6 Å². The Morgan fingerprint density at radius 2 is 2.13 bits per heavy atom. The van der Waals surface area contributed by atoms with Crippen LogP contribution in [0.25, 0.3) is 0 Å². The second kappa shape index (κ2) is 3.98. The molecule has 0 amide bonds. The molecule has 0 atom stereocenters. The molecule has 2 rings (SSSR count). The third kappa shape index (κ3) is 2.33. The summed E-state index contributed by atoms with van der Waals surface area (Å²) >= 11 is 1.36. The first-order chi connectivity index (χ1) is 7.15. The summed E-state index contributed by atoms with van der Waals surface area (Å²) in [5.41, 5.74) is 0.925. The smallest absolute Gasteiger partial charge is 0.217 e. The van der Waals surface area contributed by atoms with E-state index in [1.807, 2.05) is 20.0 Å². The molecule has 0 radical (unpaired) electrons. The molecule has 0 aliphatic carbocycles. The van der Waals surface area contributed by atoms with Crippen molar-refractivity contribution in [2.75, 3.05) is 0 Å². The molecule has 2 aromatic heterocycles. The van der Waals surface area contributed by atoms with Crippen LogP contribution < -0.4 is 0 Å². The van der Waals surface area contributed by atoms with Gasteiger partial charge in [0.2, 0.25) is 5.95 Å². The van der Waals surface area contributed by atoms with Gasteiger partial charge >= 0.3 is 0 Å². The predicted molar refractivity (Wildman–Crippen MR) is 54.1 cm³/mol. The molecule has 0 fully saturated rings. The summed E-state index contributed by atoms with van der Waals surface area (Å²) in [6, 6.07) is 3.22. The molecule has 6 heteroatoms. The molecule has 2 heterocycles. The summed E-state index contributed by atoms with van der Waals surface area (Å²) < 4.78 is 14.5. The molecule has 15 heavy (non-hydrogen) atoms. The van der Waals surface area contributed by atoms with Crippen LogP contribution in [0.5, 0.6) is 0 Å². The van der Waals surface area contributed by atoms with Crippen LogP contribution >= 0.6 is 11.8 Å². The Kier molecular flexibility index (Phi) is 2.68. The minimum Gasteiger partial charge on any atom is -0.261 e. The Morgan fingerprint density at radius 1 is 1.33 bits per heavy atom. The molecule has 0 N–H and O–H groups in total. The lowest BCUT2D eigenvalue weighted by molar-refractivity contribution is 0.572. The fraction of sp³-hybridized carbons (Fsp3) is 0.222. The summed E-state index contributed by atoms with van der Waals surface area (Å²) in [6.45, 7) is 1.91. The minimum atomic E-state index is -0.522. The molecule has 78 valence electrons. The average molecular weight is 224 g/mol. The second-order valence-corrected chi connectivity index (χ2v) is 4.07. The van der Waals surface area contributed by atoms with Crippen molar-refractivity contribution < 1.29 is 4.39 Å². The van der Waals surface area contributed by atoms with E-state index in [2.05, 4.69) is 15.1 Å². The van der Waals surface area contributed by atoms with Gasteiger partial charge in [0, 0.05) is 13.1 Å². The van der Waals surface area contributed by atoms with Crippen molar-refractivity contribution in [2.24, 2.45) is 7.05 Å². The van der Waals surface area contributed by atoms with E-state index in [4.69, 9.17) is 0 Å². The lowest BCUT2D eigenvalue weighted by Crippen LogP contribution is -1.93. The van der Waals surface area contributed by atoms with E-state index in [0.29, 0.717) is 5.03 Å². The largest absolute Gasteiger partial charge is 0.261 e. The predicted octanol–water partition coefficient (Wildman–Crippen LogP) is 1.81. The van der Waals surface area contributed by atoms with Crippen LogP contribution in [0.15, 0.2) is 28.5 Å². The molecule has 0 aromatic carbocycles. The van der Waals surface area contributed by atoms with E-state index in [0.717, 1.165) is 10.7 Å². The Bertz CT molecular complexity index is 483. The normalized spacial score (nSPS) is 10.6. The maximum absolute atomic E-state index is 12.8. The van der Waals surface area contributed by atoms with E-state index < -0.39 is 5.95 Å². The Balaban J connectivity index is 2.25. The number of aromatic nitrogens is 4. The highest BCUT2D eigenvalue weighted by atomic mass is 32.2.